The summed E-state index contributed by atoms with van der Waals surface area (Å²) in [4.78, 5) is 1.18. The summed E-state index contributed by atoms with van der Waals surface area (Å²) in [7, 11) is 0. The Bertz CT molecular complexity index is 459. The first-order valence-corrected chi connectivity index (χ1v) is 7.42. The first-order chi connectivity index (χ1) is 7.70. The monoisotopic (exact) mass is 317 g/mol. The molecule has 0 fully saturated rings. The first kappa shape index (κ1) is 12.2. The maximum atomic E-state index is 5.47. The SMILES string of the molecule is Cc1cc(-c2nnc(CCCN)s2)sc1Br. The Morgan fingerprint density at radius 2 is 2.19 bits per heavy atom. The van der Waals surface area contributed by atoms with Crippen LogP contribution in [0.2, 0.25) is 0 Å². The highest BCUT2D eigenvalue weighted by Crippen LogP contribution is 2.36. The summed E-state index contributed by atoms with van der Waals surface area (Å²) in [5.41, 5.74) is 6.72. The Morgan fingerprint density at radius 1 is 1.38 bits per heavy atom. The number of rotatable bonds is 4. The largest absolute Gasteiger partial charge is 0.330 e. The van der Waals surface area contributed by atoms with E-state index in [1.807, 2.05) is 0 Å². The lowest BCUT2D eigenvalue weighted by Crippen LogP contribution is -1.99. The fourth-order valence-corrected chi connectivity index (χ4v) is 3.73. The third-order valence-corrected chi connectivity index (χ3v) is 5.42. The molecule has 6 heteroatoms. The molecule has 0 aliphatic heterocycles. The number of halogens is 1. The predicted molar refractivity (Wildman–Crippen MR) is 73.0 cm³/mol. The van der Waals surface area contributed by atoms with Crippen LogP contribution in [0, 0.1) is 6.92 Å². The molecule has 0 spiro atoms. The standard InChI is InChI=1S/C10H12BrN3S2/c1-6-5-7(15-9(6)11)10-14-13-8(16-10)3-2-4-12/h5H,2-4,12H2,1H3. The molecule has 0 aliphatic carbocycles. The molecule has 2 aromatic rings. The quantitative estimate of drug-likeness (QED) is 0.941. The molecule has 2 aromatic heterocycles. The summed E-state index contributed by atoms with van der Waals surface area (Å²) < 4.78 is 1.17. The molecular weight excluding hydrogens is 306 g/mol. The lowest BCUT2D eigenvalue weighted by Gasteiger charge is -1.89. The molecule has 0 unspecified atom stereocenters. The Morgan fingerprint density at radius 3 is 2.81 bits per heavy atom. The minimum absolute atomic E-state index is 0.707. The van der Waals surface area contributed by atoms with Crippen molar-refractivity contribution in [2.24, 2.45) is 5.73 Å². The molecule has 16 heavy (non-hydrogen) atoms. The van der Waals surface area contributed by atoms with Crippen LogP contribution in [0.25, 0.3) is 9.88 Å². The number of hydrogen-bond donors (Lipinski definition) is 1. The number of thiophene rings is 1. The van der Waals surface area contributed by atoms with Crippen molar-refractivity contribution in [1.29, 1.82) is 0 Å². The van der Waals surface area contributed by atoms with Crippen LogP contribution >= 0.6 is 38.6 Å². The van der Waals surface area contributed by atoms with Gasteiger partial charge in [0, 0.05) is 6.42 Å². The van der Waals surface area contributed by atoms with Gasteiger partial charge >= 0.3 is 0 Å². The van der Waals surface area contributed by atoms with Crippen molar-refractivity contribution in [3.63, 3.8) is 0 Å². The van der Waals surface area contributed by atoms with Crippen molar-refractivity contribution < 1.29 is 0 Å². The van der Waals surface area contributed by atoms with E-state index in [1.165, 1.54) is 14.2 Å². The second kappa shape index (κ2) is 5.35. The molecule has 0 saturated carbocycles. The molecule has 2 heterocycles. The minimum Gasteiger partial charge on any atom is -0.330 e. The van der Waals surface area contributed by atoms with Gasteiger partial charge in [0.2, 0.25) is 0 Å². The minimum atomic E-state index is 0.707. The number of nitrogens with two attached hydrogens (primary N) is 1. The van der Waals surface area contributed by atoms with Crippen LogP contribution in [0.4, 0.5) is 0 Å². The van der Waals surface area contributed by atoms with Crippen molar-refractivity contribution in [2.75, 3.05) is 6.54 Å². The molecule has 0 aliphatic rings. The number of nitrogens with zero attached hydrogens (tertiary/aromatic N) is 2. The number of aromatic nitrogens is 2. The van der Waals surface area contributed by atoms with Gasteiger partial charge in [0.05, 0.1) is 8.66 Å². The van der Waals surface area contributed by atoms with Crippen molar-refractivity contribution in [3.8, 4) is 9.88 Å². The van der Waals surface area contributed by atoms with E-state index in [4.69, 9.17) is 5.73 Å². The van der Waals surface area contributed by atoms with Gasteiger partial charge in [0.1, 0.15) is 5.01 Å². The third-order valence-electron chi connectivity index (χ3n) is 2.13. The van der Waals surface area contributed by atoms with Crippen molar-refractivity contribution in [3.05, 3.63) is 20.4 Å². The Hall–Kier alpha value is -0.300. The van der Waals surface area contributed by atoms with Gasteiger partial charge in [0.15, 0.2) is 5.01 Å². The van der Waals surface area contributed by atoms with Crippen LogP contribution in [-0.2, 0) is 6.42 Å². The van der Waals surface area contributed by atoms with E-state index < -0.39 is 0 Å². The van der Waals surface area contributed by atoms with Crippen LogP contribution in [0.15, 0.2) is 9.85 Å². The molecular formula is C10H12BrN3S2. The fraction of sp³-hybridized carbons (Fsp3) is 0.400. The molecule has 0 bridgehead atoms. The molecule has 0 radical (unpaired) electrons. The highest BCUT2D eigenvalue weighted by Gasteiger charge is 2.10. The number of hydrogen-bond acceptors (Lipinski definition) is 5. The van der Waals surface area contributed by atoms with Gasteiger partial charge in [-0.15, -0.1) is 21.5 Å². The molecule has 0 atom stereocenters. The van der Waals surface area contributed by atoms with E-state index in [0.29, 0.717) is 6.54 Å². The Balaban J connectivity index is 2.18. The van der Waals surface area contributed by atoms with E-state index in [2.05, 4.69) is 39.1 Å². The van der Waals surface area contributed by atoms with Gasteiger partial charge in [-0.1, -0.05) is 11.3 Å². The molecule has 0 aromatic carbocycles. The summed E-state index contributed by atoms with van der Waals surface area (Å²) >= 11 is 6.88. The average molecular weight is 318 g/mol. The van der Waals surface area contributed by atoms with Crippen LogP contribution < -0.4 is 5.73 Å². The van der Waals surface area contributed by atoms with Crippen molar-refractivity contribution >= 4 is 38.6 Å². The van der Waals surface area contributed by atoms with Gasteiger partial charge in [-0.3, -0.25) is 0 Å². The Labute approximate surface area is 111 Å². The second-order valence-corrected chi connectivity index (χ2v) is 6.89. The van der Waals surface area contributed by atoms with E-state index in [0.717, 1.165) is 22.9 Å². The highest BCUT2D eigenvalue weighted by molar-refractivity contribution is 9.11. The summed E-state index contributed by atoms with van der Waals surface area (Å²) in [6.07, 6.45) is 1.90. The topological polar surface area (TPSA) is 51.8 Å². The molecule has 0 saturated heterocycles. The van der Waals surface area contributed by atoms with Crippen molar-refractivity contribution in [1.82, 2.24) is 10.2 Å². The molecule has 2 N–H and O–H groups in total. The molecule has 0 amide bonds. The maximum absolute atomic E-state index is 5.47. The van der Waals surface area contributed by atoms with E-state index in [9.17, 15) is 0 Å². The Kier molecular flexibility index (Phi) is 4.07. The summed E-state index contributed by atoms with van der Waals surface area (Å²) in [5.74, 6) is 0. The van der Waals surface area contributed by atoms with Gasteiger partial charge < -0.3 is 5.73 Å². The fourth-order valence-electron chi connectivity index (χ4n) is 1.27. The van der Waals surface area contributed by atoms with E-state index >= 15 is 0 Å². The normalized spacial score (nSPS) is 10.9. The van der Waals surface area contributed by atoms with Crippen molar-refractivity contribution in [2.45, 2.75) is 19.8 Å². The third kappa shape index (κ3) is 2.68. The van der Waals surface area contributed by atoms with E-state index in [-0.39, 0.29) is 0 Å². The summed E-state index contributed by atoms with van der Waals surface area (Å²) in [6.45, 7) is 2.79. The zero-order valence-corrected chi connectivity index (χ0v) is 12.1. The highest BCUT2D eigenvalue weighted by atomic mass is 79.9. The van der Waals surface area contributed by atoms with Gasteiger partial charge in [-0.2, -0.15) is 0 Å². The number of aryl methyl sites for hydroxylation is 2. The van der Waals surface area contributed by atoms with Crippen LogP contribution in [0.5, 0.6) is 0 Å². The smallest absolute Gasteiger partial charge is 0.157 e. The second-order valence-electron chi connectivity index (χ2n) is 3.46. The average Bonchev–Trinajstić information content (AvgIpc) is 2.84. The first-order valence-electron chi connectivity index (χ1n) is 4.99. The van der Waals surface area contributed by atoms with Crippen LogP contribution in [-0.4, -0.2) is 16.7 Å². The maximum Gasteiger partial charge on any atom is 0.157 e. The molecule has 3 nitrogen and oxygen atoms in total. The zero-order chi connectivity index (χ0) is 11.5. The van der Waals surface area contributed by atoms with Crippen LogP contribution in [0.1, 0.15) is 17.0 Å². The molecule has 86 valence electrons. The zero-order valence-electron chi connectivity index (χ0n) is 8.86. The lowest BCUT2D eigenvalue weighted by atomic mass is 10.3. The van der Waals surface area contributed by atoms with Crippen LogP contribution in [0.3, 0.4) is 0 Å². The van der Waals surface area contributed by atoms with Gasteiger partial charge in [-0.25, -0.2) is 0 Å². The lowest BCUT2D eigenvalue weighted by molar-refractivity contribution is 0.812. The summed E-state index contributed by atoms with van der Waals surface area (Å²) in [6, 6.07) is 2.14. The molecule has 2 rings (SSSR count). The van der Waals surface area contributed by atoms with Gasteiger partial charge in [-0.05, 0) is 47.4 Å². The van der Waals surface area contributed by atoms with E-state index in [1.54, 1.807) is 22.7 Å². The van der Waals surface area contributed by atoms with Gasteiger partial charge in [0.25, 0.3) is 0 Å². The summed E-state index contributed by atoms with van der Waals surface area (Å²) in [5, 5.41) is 10.5. The predicted octanol–water partition coefficient (Wildman–Crippen LogP) is 3.23.